The number of aryl methyl sites for hydroxylation is 1. The van der Waals surface area contributed by atoms with E-state index in [1.807, 2.05) is 6.07 Å². The van der Waals surface area contributed by atoms with Crippen molar-refractivity contribution in [1.82, 2.24) is 4.98 Å². The van der Waals surface area contributed by atoms with Gasteiger partial charge in [0, 0.05) is 12.6 Å². The Morgan fingerprint density at radius 1 is 1.67 bits per heavy atom. The summed E-state index contributed by atoms with van der Waals surface area (Å²) in [5.41, 5.74) is 1.00. The smallest absolute Gasteiger partial charge is 0.303 e. The number of rotatable bonds is 5. The molecule has 0 aliphatic carbocycles. The number of hydrogen-bond acceptors (Lipinski definition) is 3. The molecule has 0 atom stereocenters. The fourth-order valence-electron chi connectivity index (χ4n) is 1.20. The number of carboxylic acid groups (broad SMARTS) is 1. The lowest BCUT2D eigenvalue weighted by Crippen LogP contribution is -1.97. The molecule has 1 aromatic heterocycles. The summed E-state index contributed by atoms with van der Waals surface area (Å²) in [4.78, 5) is 14.4. The number of ether oxygens (including phenoxy) is 1. The number of aliphatic carboxylic acids is 1. The van der Waals surface area contributed by atoms with Gasteiger partial charge >= 0.3 is 5.97 Å². The lowest BCUT2D eigenvalue weighted by Gasteiger charge is -2.04. The minimum Gasteiger partial charge on any atom is -0.481 e. The molecule has 1 heterocycles. The van der Waals surface area contributed by atoms with Crippen LogP contribution in [0.2, 0.25) is 0 Å². The molecule has 0 fully saturated rings. The van der Waals surface area contributed by atoms with E-state index in [4.69, 9.17) is 9.84 Å². The van der Waals surface area contributed by atoms with Gasteiger partial charge in [0.2, 0.25) is 5.88 Å². The fraction of sp³-hybridized carbons (Fsp3) is 0.400. The second-order valence-electron chi connectivity index (χ2n) is 3.08. The number of aromatic nitrogens is 1. The molecule has 0 amide bonds. The average molecular weight is 274 g/mol. The van der Waals surface area contributed by atoms with Crippen molar-refractivity contribution in [2.24, 2.45) is 0 Å². The van der Waals surface area contributed by atoms with Crippen LogP contribution in [0.5, 0.6) is 5.88 Å². The van der Waals surface area contributed by atoms with E-state index in [0.717, 1.165) is 10.0 Å². The molecule has 0 aliphatic rings. The van der Waals surface area contributed by atoms with Crippen molar-refractivity contribution in [3.63, 3.8) is 0 Å². The third kappa shape index (κ3) is 3.87. The van der Waals surface area contributed by atoms with Crippen molar-refractivity contribution < 1.29 is 14.6 Å². The molecule has 82 valence electrons. The van der Waals surface area contributed by atoms with Gasteiger partial charge in [-0.15, -0.1) is 0 Å². The van der Waals surface area contributed by atoms with Crippen molar-refractivity contribution in [2.45, 2.75) is 19.3 Å². The fourth-order valence-corrected chi connectivity index (χ4v) is 1.75. The Kier molecular flexibility index (Phi) is 4.55. The number of nitrogens with zero attached hydrogens (tertiary/aromatic N) is 1. The topological polar surface area (TPSA) is 59.4 Å². The Balaban J connectivity index is 2.55. The van der Waals surface area contributed by atoms with Gasteiger partial charge < -0.3 is 9.84 Å². The Hall–Kier alpha value is -1.10. The molecule has 0 saturated carbocycles. The van der Waals surface area contributed by atoms with E-state index in [1.165, 1.54) is 0 Å². The summed E-state index contributed by atoms with van der Waals surface area (Å²) in [5, 5.41) is 8.48. The average Bonchev–Trinajstić information content (AvgIpc) is 2.17. The molecule has 1 rings (SSSR count). The molecule has 1 N–H and O–H groups in total. The van der Waals surface area contributed by atoms with Crippen LogP contribution in [0.4, 0.5) is 0 Å². The Morgan fingerprint density at radius 2 is 2.40 bits per heavy atom. The predicted octanol–water partition coefficient (Wildman–Crippen LogP) is 2.26. The van der Waals surface area contributed by atoms with E-state index in [1.54, 1.807) is 13.3 Å². The van der Waals surface area contributed by atoms with Gasteiger partial charge in [-0.3, -0.25) is 4.79 Å². The summed E-state index contributed by atoms with van der Waals surface area (Å²) in [6.07, 6.45) is 3.22. The van der Waals surface area contributed by atoms with Crippen LogP contribution in [0.1, 0.15) is 18.4 Å². The summed E-state index contributed by atoms with van der Waals surface area (Å²) >= 11 is 3.32. The van der Waals surface area contributed by atoms with Gasteiger partial charge in [0.25, 0.3) is 0 Å². The Bertz CT molecular complexity index is 355. The second kappa shape index (κ2) is 5.70. The number of pyridine rings is 1. The minimum absolute atomic E-state index is 0.184. The van der Waals surface area contributed by atoms with E-state index in [-0.39, 0.29) is 6.42 Å². The normalized spacial score (nSPS) is 10.0. The molecule has 0 bridgehead atoms. The Labute approximate surface area is 96.4 Å². The van der Waals surface area contributed by atoms with Gasteiger partial charge in [-0.2, -0.15) is 0 Å². The first kappa shape index (κ1) is 12.0. The maximum Gasteiger partial charge on any atom is 0.303 e. The molecular weight excluding hydrogens is 262 g/mol. The highest BCUT2D eigenvalue weighted by Gasteiger charge is 2.03. The van der Waals surface area contributed by atoms with E-state index < -0.39 is 5.97 Å². The minimum atomic E-state index is -0.768. The summed E-state index contributed by atoms with van der Waals surface area (Å²) < 4.78 is 5.78. The van der Waals surface area contributed by atoms with Crippen LogP contribution in [0, 0.1) is 0 Å². The largest absolute Gasteiger partial charge is 0.481 e. The maximum absolute atomic E-state index is 10.3. The highest BCUT2D eigenvalue weighted by Crippen LogP contribution is 2.23. The molecule has 0 radical (unpaired) electrons. The van der Waals surface area contributed by atoms with E-state index >= 15 is 0 Å². The first-order valence-corrected chi connectivity index (χ1v) is 5.33. The second-order valence-corrected chi connectivity index (χ2v) is 3.94. The summed E-state index contributed by atoms with van der Waals surface area (Å²) in [6.45, 7) is 0. The van der Waals surface area contributed by atoms with Crippen molar-refractivity contribution in [3.05, 3.63) is 22.3 Å². The molecule has 1 aromatic rings. The number of carboxylic acids is 1. The third-order valence-electron chi connectivity index (χ3n) is 1.91. The summed E-state index contributed by atoms with van der Waals surface area (Å²) in [7, 11) is 1.55. The van der Waals surface area contributed by atoms with E-state index in [9.17, 15) is 4.79 Å². The quantitative estimate of drug-likeness (QED) is 0.894. The highest BCUT2D eigenvalue weighted by molar-refractivity contribution is 9.10. The molecule has 0 spiro atoms. The van der Waals surface area contributed by atoms with Crippen LogP contribution in [0.15, 0.2) is 16.7 Å². The number of halogens is 1. The number of carbonyl (C=O) groups is 1. The summed E-state index contributed by atoms with van der Waals surface area (Å²) in [5.74, 6) is -0.229. The van der Waals surface area contributed by atoms with Crippen LogP contribution >= 0.6 is 15.9 Å². The van der Waals surface area contributed by atoms with Crippen molar-refractivity contribution in [1.29, 1.82) is 0 Å². The molecular formula is C10H12BrNO3. The summed E-state index contributed by atoms with van der Waals surface area (Å²) in [6, 6.07) is 1.90. The van der Waals surface area contributed by atoms with Crippen LogP contribution < -0.4 is 4.74 Å². The van der Waals surface area contributed by atoms with Crippen molar-refractivity contribution >= 4 is 21.9 Å². The van der Waals surface area contributed by atoms with E-state index in [0.29, 0.717) is 18.7 Å². The lowest BCUT2D eigenvalue weighted by molar-refractivity contribution is -0.137. The predicted molar refractivity (Wildman–Crippen MR) is 59.1 cm³/mol. The number of hydrogen-bond donors (Lipinski definition) is 1. The Morgan fingerprint density at radius 3 is 2.93 bits per heavy atom. The monoisotopic (exact) mass is 273 g/mol. The van der Waals surface area contributed by atoms with Gasteiger partial charge in [0.15, 0.2) is 0 Å². The van der Waals surface area contributed by atoms with E-state index in [2.05, 4.69) is 20.9 Å². The first-order chi connectivity index (χ1) is 7.13. The molecule has 0 unspecified atom stereocenters. The zero-order valence-electron chi connectivity index (χ0n) is 8.36. The molecule has 5 heteroatoms. The molecule has 4 nitrogen and oxygen atoms in total. The molecule has 0 saturated heterocycles. The van der Waals surface area contributed by atoms with Crippen LogP contribution in [0.3, 0.4) is 0 Å². The van der Waals surface area contributed by atoms with Gasteiger partial charge in [0.05, 0.1) is 11.6 Å². The van der Waals surface area contributed by atoms with Crippen molar-refractivity contribution in [2.75, 3.05) is 7.11 Å². The van der Waals surface area contributed by atoms with Gasteiger partial charge in [-0.25, -0.2) is 4.98 Å². The third-order valence-corrected chi connectivity index (χ3v) is 2.48. The van der Waals surface area contributed by atoms with Gasteiger partial charge in [-0.1, -0.05) is 0 Å². The molecule has 0 aliphatic heterocycles. The standard InChI is InChI=1S/C10H12BrNO3/c1-15-10-8(11)5-7(6-12-10)3-2-4-9(13)14/h5-6H,2-4H2,1H3,(H,13,14). The first-order valence-electron chi connectivity index (χ1n) is 4.53. The van der Waals surface area contributed by atoms with Gasteiger partial charge in [0.1, 0.15) is 0 Å². The van der Waals surface area contributed by atoms with Gasteiger partial charge in [-0.05, 0) is 40.4 Å². The zero-order chi connectivity index (χ0) is 11.3. The SMILES string of the molecule is COc1ncc(CCCC(=O)O)cc1Br. The highest BCUT2D eigenvalue weighted by atomic mass is 79.9. The van der Waals surface area contributed by atoms with Crippen LogP contribution in [-0.2, 0) is 11.2 Å². The van der Waals surface area contributed by atoms with Crippen LogP contribution in [0.25, 0.3) is 0 Å². The number of methoxy groups -OCH3 is 1. The van der Waals surface area contributed by atoms with Crippen molar-refractivity contribution in [3.8, 4) is 5.88 Å². The zero-order valence-corrected chi connectivity index (χ0v) is 9.95. The maximum atomic E-state index is 10.3. The van der Waals surface area contributed by atoms with Crippen LogP contribution in [-0.4, -0.2) is 23.2 Å². The molecule has 15 heavy (non-hydrogen) atoms. The lowest BCUT2D eigenvalue weighted by atomic mass is 10.1. The molecule has 0 aromatic carbocycles.